The van der Waals surface area contributed by atoms with Crippen molar-refractivity contribution in [2.45, 2.75) is 31.7 Å². The Balaban J connectivity index is 0.000000187. The average molecular weight is 446 g/mol. The van der Waals surface area contributed by atoms with E-state index in [0.717, 1.165) is 35.8 Å². The maximum atomic E-state index is 12.6. The molecule has 4 heterocycles. The van der Waals surface area contributed by atoms with E-state index in [9.17, 15) is 31.1 Å². The van der Waals surface area contributed by atoms with Gasteiger partial charge in [-0.25, -0.2) is 0 Å². The third kappa shape index (κ3) is 5.03. The molecule has 7 nitrogen and oxygen atoms in total. The van der Waals surface area contributed by atoms with E-state index in [1.807, 2.05) is 10.7 Å². The van der Waals surface area contributed by atoms with Gasteiger partial charge in [0.05, 0.1) is 5.69 Å². The molecule has 31 heavy (non-hydrogen) atoms. The molecule has 1 amide bonds. The number of rotatable bonds is 2. The van der Waals surface area contributed by atoms with Crippen LogP contribution in [0.25, 0.3) is 11.3 Å². The summed E-state index contributed by atoms with van der Waals surface area (Å²) in [6.45, 7) is 0.840. The summed E-state index contributed by atoms with van der Waals surface area (Å²) in [6.07, 6.45) is -5.82. The van der Waals surface area contributed by atoms with Crippen LogP contribution in [0.4, 0.5) is 26.3 Å². The molecule has 1 aliphatic heterocycles. The van der Waals surface area contributed by atoms with Crippen LogP contribution in [0.5, 0.6) is 0 Å². The molecule has 0 saturated heterocycles. The molecule has 0 spiro atoms. The summed E-state index contributed by atoms with van der Waals surface area (Å²) >= 11 is 0. The number of alkyl halides is 6. The zero-order chi connectivity index (χ0) is 23.0. The van der Waals surface area contributed by atoms with Crippen molar-refractivity contribution in [3.8, 4) is 11.3 Å². The van der Waals surface area contributed by atoms with Crippen LogP contribution in [0, 0.1) is 0 Å². The van der Waals surface area contributed by atoms with Crippen molar-refractivity contribution in [1.29, 1.82) is 0 Å². The fourth-order valence-electron chi connectivity index (χ4n) is 2.98. The molecule has 0 fully saturated rings. The van der Waals surface area contributed by atoms with Crippen molar-refractivity contribution in [1.82, 2.24) is 24.5 Å². The van der Waals surface area contributed by atoms with Gasteiger partial charge in [0.15, 0.2) is 5.69 Å². The van der Waals surface area contributed by atoms with Crippen LogP contribution in [0.1, 0.15) is 34.0 Å². The van der Waals surface area contributed by atoms with Gasteiger partial charge in [-0.1, -0.05) is 0 Å². The summed E-state index contributed by atoms with van der Waals surface area (Å²) < 4.78 is 76.4. The third-order valence-corrected chi connectivity index (χ3v) is 4.43. The number of hydrogen-bond acceptors (Lipinski definition) is 4. The molecule has 4 rings (SSSR count). The van der Waals surface area contributed by atoms with Gasteiger partial charge < -0.3 is 5.73 Å². The second-order valence-corrected chi connectivity index (χ2v) is 6.68. The first-order valence-corrected chi connectivity index (χ1v) is 8.87. The first kappa shape index (κ1) is 22.3. The van der Waals surface area contributed by atoms with Gasteiger partial charge in [0.2, 0.25) is 0 Å². The fraction of sp³-hybridized carbons (Fsp3) is 0.333. The zero-order valence-corrected chi connectivity index (χ0v) is 16.0. The van der Waals surface area contributed by atoms with Gasteiger partial charge in [-0.15, -0.1) is 0 Å². The lowest BCUT2D eigenvalue weighted by molar-refractivity contribution is -0.142. The number of pyridine rings is 1. The highest BCUT2D eigenvalue weighted by molar-refractivity contribution is 5.91. The molecule has 0 atom stereocenters. The van der Waals surface area contributed by atoms with Crippen LogP contribution in [-0.4, -0.2) is 30.5 Å². The van der Waals surface area contributed by atoms with Crippen LogP contribution in [0.3, 0.4) is 0 Å². The van der Waals surface area contributed by atoms with Crippen molar-refractivity contribution in [3.63, 3.8) is 0 Å². The number of primary amides is 1. The molecular weight excluding hydrogens is 430 g/mol. The Labute approximate surface area is 171 Å². The number of aromatic nitrogens is 5. The quantitative estimate of drug-likeness (QED) is 0.611. The standard InChI is InChI=1S/C12H10F3N3.C6H6F3N3O/c13-12(14,15)11-6-8(3-4-16-11)10-7-9-2-1-5-18(9)17-10;1-12-3(5(10)13)2-4(11-12)6(7,8)9/h3-4,6-7H,1-2,5H2;2H,1H3,(H2,10,13). The van der Waals surface area contributed by atoms with E-state index >= 15 is 0 Å². The number of fused-ring (bicyclic) bond motifs is 1. The zero-order valence-electron chi connectivity index (χ0n) is 16.0. The average Bonchev–Trinajstić information content (AvgIpc) is 3.35. The molecule has 13 heteroatoms. The van der Waals surface area contributed by atoms with Gasteiger partial charge in [-0.05, 0) is 31.0 Å². The van der Waals surface area contributed by atoms with Crippen molar-refractivity contribution in [3.05, 3.63) is 53.2 Å². The Kier molecular flexibility index (Phi) is 5.79. The molecule has 0 aliphatic carbocycles. The monoisotopic (exact) mass is 446 g/mol. The Morgan fingerprint density at radius 3 is 2.23 bits per heavy atom. The minimum atomic E-state index is -4.55. The molecule has 0 bridgehead atoms. The number of amides is 1. The highest BCUT2D eigenvalue weighted by Gasteiger charge is 2.35. The maximum absolute atomic E-state index is 12.6. The number of carbonyl (C=O) groups excluding carboxylic acids is 1. The molecule has 0 unspecified atom stereocenters. The lowest BCUT2D eigenvalue weighted by Crippen LogP contribution is -2.15. The molecule has 0 aromatic carbocycles. The number of nitrogens with two attached hydrogens (primary N) is 1. The summed E-state index contributed by atoms with van der Waals surface area (Å²) in [5.74, 6) is -0.939. The number of aryl methyl sites for hydroxylation is 3. The first-order chi connectivity index (χ1) is 14.4. The van der Waals surface area contributed by atoms with E-state index in [2.05, 4.69) is 15.2 Å². The fourth-order valence-corrected chi connectivity index (χ4v) is 2.98. The number of hydrogen-bond donors (Lipinski definition) is 1. The summed E-state index contributed by atoms with van der Waals surface area (Å²) in [7, 11) is 1.22. The lowest BCUT2D eigenvalue weighted by atomic mass is 10.1. The summed E-state index contributed by atoms with van der Waals surface area (Å²) in [5.41, 5.74) is 4.65. The Morgan fingerprint density at radius 1 is 1.03 bits per heavy atom. The molecule has 0 radical (unpaired) electrons. The highest BCUT2D eigenvalue weighted by Crippen LogP contribution is 2.31. The van der Waals surface area contributed by atoms with Gasteiger partial charge in [0.25, 0.3) is 5.91 Å². The molecule has 2 N–H and O–H groups in total. The van der Waals surface area contributed by atoms with Crippen LogP contribution in [-0.2, 0) is 32.4 Å². The van der Waals surface area contributed by atoms with Crippen LogP contribution < -0.4 is 5.73 Å². The van der Waals surface area contributed by atoms with E-state index < -0.39 is 29.6 Å². The minimum Gasteiger partial charge on any atom is -0.364 e. The Bertz CT molecular complexity index is 1080. The van der Waals surface area contributed by atoms with Crippen molar-refractivity contribution in [2.24, 2.45) is 12.8 Å². The van der Waals surface area contributed by atoms with Gasteiger partial charge in [-0.2, -0.15) is 36.5 Å². The van der Waals surface area contributed by atoms with Crippen molar-refractivity contribution in [2.75, 3.05) is 0 Å². The molecule has 1 aliphatic rings. The predicted octanol–water partition coefficient (Wildman–Crippen LogP) is 3.45. The molecule has 3 aromatic rings. The molecule has 0 saturated carbocycles. The lowest BCUT2D eigenvalue weighted by Gasteiger charge is -2.06. The molecule has 3 aromatic heterocycles. The predicted molar refractivity (Wildman–Crippen MR) is 95.5 cm³/mol. The Morgan fingerprint density at radius 2 is 1.71 bits per heavy atom. The number of nitrogens with zero attached hydrogens (tertiary/aromatic N) is 5. The van der Waals surface area contributed by atoms with Gasteiger partial charge in [0, 0.05) is 37.1 Å². The van der Waals surface area contributed by atoms with E-state index in [0.29, 0.717) is 17.3 Å². The SMILES string of the molecule is Cn1nc(C(F)(F)F)cc1C(N)=O.FC(F)(F)c1cc(-c2cc3n(n2)CCC3)ccn1. The van der Waals surface area contributed by atoms with E-state index in [4.69, 9.17) is 5.73 Å². The van der Waals surface area contributed by atoms with E-state index in [-0.39, 0.29) is 5.69 Å². The number of halogens is 6. The molecular formula is C18H16F6N6O. The summed E-state index contributed by atoms with van der Waals surface area (Å²) in [5, 5.41) is 7.40. The largest absolute Gasteiger partial charge is 0.435 e. The first-order valence-electron chi connectivity index (χ1n) is 8.87. The second kappa shape index (κ2) is 8.04. The van der Waals surface area contributed by atoms with E-state index in [1.165, 1.54) is 13.2 Å². The third-order valence-electron chi connectivity index (χ3n) is 4.43. The van der Waals surface area contributed by atoms with Crippen LogP contribution in [0.2, 0.25) is 0 Å². The van der Waals surface area contributed by atoms with Gasteiger partial charge in [-0.3, -0.25) is 19.1 Å². The highest BCUT2D eigenvalue weighted by atomic mass is 19.4. The van der Waals surface area contributed by atoms with Crippen molar-refractivity contribution < 1.29 is 31.1 Å². The van der Waals surface area contributed by atoms with E-state index in [1.54, 1.807) is 6.07 Å². The van der Waals surface area contributed by atoms with Crippen LogP contribution >= 0.6 is 0 Å². The number of carbonyl (C=O) groups is 1. The Hall–Kier alpha value is -3.38. The topological polar surface area (TPSA) is 91.6 Å². The minimum absolute atomic E-state index is 0.271. The summed E-state index contributed by atoms with van der Waals surface area (Å²) in [4.78, 5) is 13.9. The second-order valence-electron chi connectivity index (χ2n) is 6.68. The molecule has 166 valence electrons. The van der Waals surface area contributed by atoms with Gasteiger partial charge in [0.1, 0.15) is 11.4 Å². The maximum Gasteiger partial charge on any atom is 0.435 e. The summed E-state index contributed by atoms with van der Waals surface area (Å²) in [6, 6.07) is 5.05. The van der Waals surface area contributed by atoms with Crippen molar-refractivity contribution >= 4 is 5.91 Å². The normalized spacial score (nSPS) is 13.5. The van der Waals surface area contributed by atoms with Gasteiger partial charge >= 0.3 is 12.4 Å². The smallest absolute Gasteiger partial charge is 0.364 e. The van der Waals surface area contributed by atoms with Crippen LogP contribution in [0.15, 0.2) is 30.5 Å².